The monoisotopic (exact) mass is 334 g/mol. The SMILES string of the molecule is CNC(C)c1cc(Br)ccc1OCc1cccc(C)n1. The van der Waals surface area contributed by atoms with E-state index in [1.807, 2.05) is 44.3 Å². The van der Waals surface area contributed by atoms with Crippen LogP contribution >= 0.6 is 15.9 Å². The Morgan fingerprint density at radius 2 is 2.10 bits per heavy atom. The number of halogens is 1. The second kappa shape index (κ2) is 6.86. The molecule has 0 bridgehead atoms. The van der Waals surface area contributed by atoms with Crippen LogP contribution in [0.25, 0.3) is 0 Å². The normalized spacial score (nSPS) is 12.2. The molecule has 0 fully saturated rings. The Bertz CT molecular complexity index is 586. The summed E-state index contributed by atoms with van der Waals surface area (Å²) in [4.78, 5) is 4.45. The van der Waals surface area contributed by atoms with E-state index in [-0.39, 0.29) is 6.04 Å². The summed E-state index contributed by atoms with van der Waals surface area (Å²) in [6.45, 7) is 4.57. The van der Waals surface area contributed by atoms with E-state index in [0.717, 1.165) is 27.2 Å². The molecule has 1 N–H and O–H groups in total. The molecule has 0 spiro atoms. The summed E-state index contributed by atoms with van der Waals surface area (Å²) in [7, 11) is 1.94. The van der Waals surface area contributed by atoms with Gasteiger partial charge in [0.15, 0.2) is 0 Å². The first-order valence-electron chi connectivity index (χ1n) is 6.62. The molecule has 0 amide bonds. The first kappa shape index (κ1) is 15.0. The van der Waals surface area contributed by atoms with Crippen LogP contribution in [0.4, 0.5) is 0 Å². The second-order valence-electron chi connectivity index (χ2n) is 4.75. The van der Waals surface area contributed by atoms with Crippen molar-refractivity contribution in [2.75, 3.05) is 7.05 Å². The molecule has 1 atom stereocenters. The number of benzene rings is 1. The fraction of sp³-hybridized carbons (Fsp3) is 0.312. The summed E-state index contributed by atoms with van der Waals surface area (Å²) in [5, 5.41) is 3.24. The molecule has 2 rings (SSSR count). The van der Waals surface area contributed by atoms with Gasteiger partial charge in [0.25, 0.3) is 0 Å². The molecule has 1 unspecified atom stereocenters. The number of nitrogens with one attached hydrogen (secondary N) is 1. The lowest BCUT2D eigenvalue weighted by atomic mass is 10.1. The lowest BCUT2D eigenvalue weighted by Gasteiger charge is -2.17. The quantitative estimate of drug-likeness (QED) is 0.896. The Kier molecular flexibility index (Phi) is 5.15. The maximum absolute atomic E-state index is 5.93. The molecule has 0 saturated carbocycles. The van der Waals surface area contributed by atoms with E-state index in [0.29, 0.717) is 6.61 Å². The van der Waals surface area contributed by atoms with Gasteiger partial charge in [0.05, 0.1) is 5.69 Å². The maximum Gasteiger partial charge on any atom is 0.130 e. The van der Waals surface area contributed by atoms with Crippen LogP contribution < -0.4 is 10.1 Å². The Morgan fingerprint density at radius 1 is 1.30 bits per heavy atom. The summed E-state index contributed by atoms with van der Waals surface area (Å²) >= 11 is 3.50. The Morgan fingerprint density at radius 3 is 2.80 bits per heavy atom. The van der Waals surface area contributed by atoms with Crippen LogP contribution in [-0.2, 0) is 6.61 Å². The topological polar surface area (TPSA) is 34.1 Å². The first-order chi connectivity index (χ1) is 9.60. The summed E-state index contributed by atoms with van der Waals surface area (Å²) in [5.41, 5.74) is 3.08. The standard InChI is InChI=1S/C16H19BrN2O/c1-11-5-4-6-14(19-11)10-20-16-8-7-13(17)9-15(16)12(2)18-3/h4-9,12,18H,10H2,1-3H3. The van der Waals surface area contributed by atoms with Gasteiger partial charge in [-0.2, -0.15) is 0 Å². The summed E-state index contributed by atoms with van der Waals surface area (Å²) < 4.78 is 6.98. The van der Waals surface area contributed by atoms with Gasteiger partial charge in [-0.15, -0.1) is 0 Å². The minimum absolute atomic E-state index is 0.230. The number of nitrogens with zero attached hydrogens (tertiary/aromatic N) is 1. The van der Waals surface area contributed by atoms with Crippen molar-refractivity contribution in [3.05, 3.63) is 57.8 Å². The average Bonchev–Trinajstić information content (AvgIpc) is 2.45. The highest BCUT2D eigenvalue weighted by Gasteiger charge is 2.11. The number of hydrogen-bond donors (Lipinski definition) is 1. The number of aromatic nitrogens is 1. The number of pyridine rings is 1. The van der Waals surface area contributed by atoms with Gasteiger partial charge in [-0.1, -0.05) is 22.0 Å². The summed E-state index contributed by atoms with van der Waals surface area (Å²) in [6, 6.07) is 12.3. The van der Waals surface area contributed by atoms with E-state index in [4.69, 9.17) is 4.74 Å². The average molecular weight is 335 g/mol. The molecular weight excluding hydrogens is 316 g/mol. The fourth-order valence-corrected chi connectivity index (χ4v) is 2.36. The molecule has 3 nitrogen and oxygen atoms in total. The maximum atomic E-state index is 5.93. The molecule has 106 valence electrons. The van der Waals surface area contributed by atoms with Crippen LogP contribution in [0.2, 0.25) is 0 Å². The molecule has 0 aliphatic heterocycles. The number of ether oxygens (including phenoxy) is 1. The zero-order chi connectivity index (χ0) is 14.5. The highest BCUT2D eigenvalue weighted by atomic mass is 79.9. The molecule has 1 aromatic carbocycles. The van der Waals surface area contributed by atoms with Crippen molar-refractivity contribution >= 4 is 15.9 Å². The third-order valence-corrected chi connectivity index (χ3v) is 3.69. The Hall–Kier alpha value is -1.39. The van der Waals surface area contributed by atoms with Crippen LogP contribution in [0.15, 0.2) is 40.9 Å². The van der Waals surface area contributed by atoms with E-state index in [9.17, 15) is 0 Å². The van der Waals surface area contributed by atoms with Gasteiger partial charge < -0.3 is 10.1 Å². The van der Waals surface area contributed by atoms with Crippen molar-refractivity contribution in [1.82, 2.24) is 10.3 Å². The predicted molar refractivity (Wildman–Crippen MR) is 84.9 cm³/mol. The molecule has 20 heavy (non-hydrogen) atoms. The largest absolute Gasteiger partial charge is 0.487 e. The molecule has 2 aromatic rings. The molecule has 0 aliphatic rings. The van der Waals surface area contributed by atoms with E-state index in [1.165, 1.54) is 0 Å². The lowest BCUT2D eigenvalue weighted by Crippen LogP contribution is -2.14. The van der Waals surface area contributed by atoms with Gasteiger partial charge >= 0.3 is 0 Å². The van der Waals surface area contributed by atoms with Gasteiger partial charge in [-0.3, -0.25) is 4.98 Å². The zero-order valence-electron chi connectivity index (χ0n) is 12.0. The molecular formula is C16H19BrN2O. The van der Waals surface area contributed by atoms with Gasteiger partial charge in [0.2, 0.25) is 0 Å². The number of hydrogen-bond acceptors (Lipinski definition) is 3. The van der Waals surface area contributed by atoms with Crippen LogP contribution in [0.1, 0.15) is 29.9 Å². The van der Waals surface area contributed by atoms with Crippen molar-refractivity contribution in [2.24, 2.45) is 0 Å². The van der Waals surface area contributed by atoms with E-state index in [2.05, 4.69) is 39.2 Å². The summed E-state index contributed by atoms with van der Waals surface area (Å²) in [5.74, 6) is 0.887. The smallest absolute Gasteiger partial charge is 0.130 e. The molecule has 1 aromatic heterocycles. The third-order valence-electron chi connectivity index (χ3n) is 3.19. The molecule has 0 aliphatic carbocycles. The summed E-state index contributed by atoms with van der Waals surface area (Å²) in [6.07, 6.45) is 0. The first-order valence-corrected chi connectivity index (χ1v) is 7.41. The fourth-order valence-electron chi connectivity index (χ4n) is 1.98. The third kappa shape index (κ3) is 3.81. The lowest BCUT2D eigenvalue weighted by molar-refractivity contribution is 0.295. The second-order valence-corrected chi connectivity index (χ2v) is 5.67. The highest BCUT2D eigenvalue weighted by molar-refractivity contribution is 9.10. The molecule has 0 radical (unpaired) electrons. The van der Waals surface area contributed by atoms with Gasteiger partial charge in [0.1, 0.15) is 12.4 Å². The van der Waals surface area contributed by atoms with Crippen molar-refractivity contribution in [1.29, 1.82) is 0 Å². The predicted octanol–water partition coefficient (Wildman–Crippen LogP) is 4.01. The van der Waals surface area contributed by atoms with Crippen molar-refractivity contribution in [3.63, 3.8) is 0 Å². The van der Waals surface area contributed by atoms with Crippen LogP contribution in [0, 0.1) is 6.92 Å². The van der Waals surface area contributed by atoms with Crippen molar-refractivity contribution in [3.8, 4) is 5.75 Å². The van der Waals surface area contributed by atoms with Crippen LogP contribution in [-0.4, -0.2) is 12.0 Å². The Labute approximate surface area is 128 Å². The van der Waals surface area contributed by atoms with Crippen LogP contribution in [0.5, 0.6) is 5.75 Å². The number of rotatable bonds is 5. The highest BCUT2D eigenvalue weighted by Crippen LogP contribution is 2.28. The van der Waals surface area contributed by atoms with E-state index >= 15 is 0 Å². The van der Waals surface area contributed by atoms with Gasteiger partial charge in [-0.05, 0) is 51.2 Å². The molecule has 1 heterocycles. The minimum atomic E-state index is 0.230. The number of aryl methyl sites for hydroxylation is 1. The van der Waals surface area contributed by atoms with Gasteiger partial charge in [-0.25, -0.2) is 0 Å². The molecule has 4 heteroatoms. The van der Waals surface area contributed by atoms with E-state index in [1.54, 1.807) is 0 Å². The minimum Gasteiger partial charge on any atom is -0.487 e. The van der Waals surface area contributed by atoms with Crippen LogP contribution in [0.3, 0.4) is 0 Å². The van der Waals surface area contributed by atoms with Crippen molar-refractivity contribution in [2.45, 2.75) is 26.5 Å². The zero-order valence-corrected chi connectivity index (χ0v) is 13.6. The Balaban J connectivity index is 2.16. The van der Waals surface area contributed by atoms with E-state index < -0.39 is 0 Å². The van der Waals surface area contributed by atoms with Crippen molar-refractivity contribution < 1.29 is 4.74 Å². The molecule has 0 saturated heterocycles. The van der Waals surface area contributed by atoms with Gasteiger partial charge in [0, 0.05) is 21.8 Å².